The summed E-state index contributed by atoms with van der Waals surface area (Å²) >= 11 is 0. The van der Waals surface area contributed by atoms with Crippen molar-refractivity contribution < 1.29 is 37.0 Å². The zero-order chi connectivity index (χ0) is 70.1. The number of hydrogen-bond acceptors (Lipinski definition) is 2. The van der Waals surface area contributed by atoms with Gasteiger partial charge in [-0.3, -0.25) is 9.59 Å². The minimum absolute atomic E-state index is 0.135. The molecular formula is C86H114N6O2+6. The van der Waals surface area contributed by atoms with Crippen LogP contribution in [0.5, 0.6) is 0 Å². The van der Waals surface area contributed by atoms with Crippen molar-refractivity contribution in [1.82, 2.24) is 0 Å². The average molecular weight is 1260 g/mol. The second-order valence-electron chi connectivity index (χ2n) is 22.4. The van der Waals surface area contributed by atoms with E-state index in [1.54, 1.807) is 0 Å². The lowest BCUT2D eigenvalue weighted by molar-refractivity contribution is -0.693. The van der Waals surface area contributed by atoms with Gasteiger partial charge in [0.15, 0.2) is 80.1 Å². The molecule has 0 aliphatic carbocycles. The zero-order valence-corrected chi connectivity index (χ0v) is 60.9. The smallest absolute Gasteiger partial charge is 0.227 e. The fourth-order valence-electron chi connectivity index (χ4n) is 7.97. The number of benzene rings is 5. The third kappa shape index (κ3) is 38.9. The number of ketones is 2. The van der Waals surface area contributed by atoms with Crippen molar-refractivity contribution in [2.24, 2.45) is 21.1 Å². The first-order valence-corrected chi connectivity index (χ1v) is 33.1. The fraction of sp³-hybridized carbons (Fsp3) is 0.279. The molecule has 0 aliphatic rings. The lowest BCUT2D eigenvalue weighted by atomic mass is 10.1. The number of pyridine rings is 6. The van der Waals surface area contributed by atoms with Crippen LogP contribution in [0.3, 0.4) is 0 Å². The normalized spacial score (nSPS) is 9.32. The van der Waals surface area contributed by atoms with Crippen molar-refractivity contribution in [2.45, 2.75) is 144 Å². The Bertz CT molecular complexity index is 3500. The molecular weight excluding hydrogens is 1150 g/mol. The molecule has 494 valence electrons. The first-order chi connectivity index (χ1) is 45.2. The summed E-state index contributed by atoms with van der Waals surface area (Å²) in [5, 5.41) is 0. The van der Waals surface area contributed by atoms with Gasteiger partial charge in [-0.05, 0) is 111 Å². The van der Waals surface area contributed by atoms with Crippen LogP contribution < -0.4 is 27.4 Å². The maximum atomic E-state index is 11.9. The summed E-state index contributed by atoms with van der Waals surface area (Å²) < 4.78 is 12.2. The molecule has 0 amide bonds. The molecule has 0 saturated carbocycles. The van der Waals surface area contributed by atoms with E-state index in [1.165, 1.54) is 66.9 Å². The number of Topliss-reactive ketones (excluding diaryl/α,β-unsaturated/α-hetero) is 2. The van der Waals surface area contributed by atoms with E-state index in [0.29, 0.717) is 13.0 Å². The molecule has 0 spiro atoms. The summed E-state index contributed by atoms with van der Waals surface area (Å²) in [4.78, 5) is 23.0. The second-order valence-corrected chi connectivity index (χ2v) is 22.4. The quantitative estimate of drug-likeness (QED) is 0.112. The first kappa shape index (κ1) is 82.4. The van der Waals surface area contributed by atoms with Crippen LogP contribution in [-0.4, -0.2) is 11.6 Å². The van der Waals surface area contributed by atoms with Gasteiger partial charge in [-0.15, -0.1) is 0 Å². The molecule has 0 aliphatic heterocycles. The van der Waals surface area contributed by atoms with Crippen LogP contribution in [0.2, 0.25) is 0 Å². The molecule has 6 heterocycles. The highest BCUT2D eigenvalue weighted by Crippen LogP contribution is 2.07. The van der Waals surface area contributed by atoms with Crippen molar-refractivity contribution in [1.29, 1.82) is 0 Å². The van der Waals surface area contributed by atoms with Gasteiger partial charge in [0.25, 0.3) is 0 Å². The van der Waals surface area contributed by atoms with Crippen molar-refractivity contribution in [3.05, 3.63) is 353 Å². The maximum absolute atomic E-state index is 11.9. The van der Waals surface area contributed by atoms with E-state index in [4.69, 9.17) is 0 Å². The predicted octanol–water partition coefficient (Wildman–Crippen LogP) is 17.7. The summed E-state index contributed by atoms with van der Waals surface area (Å²) in [7, 11) is 6.05. The largest absolute Gasteiger partial charge is 0.294 e. The molecule has 94 heavy (non-hydrogen) atoms. The molecule has 0 atom stereocenters. The minimum Gasteiger partial charge on any atom is -0.294 e. The molecule has 0 radical (unpaired) electrons. The van der Waals surface area contributed by atoms with Crippen molar-refractivity contribution in [3.8, 4) is 5.69 Å². The molecule has 0 unspecified atom stereocenters. The molecule has 6 aromatic heterocycles. The van der Waals surface area contributed by atoms with E-state index in [1.807, 2.05) is 235 Å². The van der Waals surface area contributed by atoms with Crippen LogP contribution in [0.15, 0.2) is 281 Å². The number of carbonyl (C=O) groups is 2. The Morgan fingerprint density at radius 2 is 0.628 bits per heavy atom. The lowest BCUT2D eigenvalue weighted by Gasteiger charge is -1.98. The Morgan fingerprint density at radius 1 is 0.298 bits per heavy atom. The summed E-state index contributed by atoms with van der Waals surface area (Å²) in [6.45, 7) is 36.4. The number of hydrogen-bond donors (Lipinski definition) is 0. The molecule has 0 saturated heterocycles. The molecule has 0 fully saturated rings. The topological polar surface area (TPSA) is 57.4 Å². The number of aryl methyl sites for hydroxylation is 15. The lowest BCUT2D eigenvalue weighted by Crippen LogP contribution is -2.36. The Kier molecular flexibility index (Phi) is 43.8. The molecule has 8 heteroatoms. The van der Waals surface area contributed by atoms with Gasteiger partial charge in [-0.1, -0.05) is 196 Å². The summed E-state index contributed by atoms with van der Waals surface area (Å²) in [6.07, 6.45) is 26.1. The van der Waals surface area contributed by atoms with Gasteiger partial charge in [-0.25, -0.2) is 18.3 Å². The van der Waals surface area contributed by atoms with Gasteiger partial charge < -0.3 is 0 Å². The van der Waals surface area contributed by atoms with Crippen LogP contribution in [0.4, 0.5) is 0 Å². The van der Waals surface area contributed by atoms with Gasteiger partial charge in [0, 0.05) is 101 Å². The van der Waals surface area contributed by atoms with Gasteiger partial charge in [0.1, 0.15) is 27.7 Å². The number of carbonyl (C=O) groups excluding carboxylic acids is 2. The molecule has 8 nitrogen and oxygen atoms in total. The van der Waals surface area contributed by atoms with Gasteiger partial charge in [0.2, 0.25) is 18.0 Å². The highest BCUT2D eigenvalue weighted by Gasteiger charge is 2.11. The van der Waals surface area contributed by atoms with E-state index in [0.717, 1.165) is 24.1 Å². The van der Waals surface area contributed by atoms with E-state index < -0.39 is 0 Å². The molecule has 5 aromatic carbocycles. The molecule has 11 rings (SSSR count). The monoisotopic (exact) mass is 1260 g/mol. The average Bonchev–Trinajstić information content (AvgIpc) is 1.64. The highest BCUT2D eigenvalue weighted by atomic mass is 16.1. The van der Waals surface area contributed by atoms with E-state index >= 15 is 0 Å². The van der Waals surface area contributed by atoms with Crippen LogP contribution >= 0.6 is 0 Å². The number of rotatable bonds is 8. The summed E-state index contributed by atoms with van der Waals surface area (Å²) in [5.74, 6) is 0.348. The summed E-state index contributed by atoms with van der Waals surface area (Å²) in [6, 6.07) is 69.4. The predicted molar refractivity (Wildman–Crippen MR) is 394 cm³/mol. The Hall–Kier alpha value is -9.66. The highest BCUT2D eigenvalue weighted by molar-refractivity contribution is 5.96. The summed E-state index contributed by atoms with van der Waals surface area (Å²) in [5.41, 5.74) is 17.1. The Labute approximate surface area is 568 Å². The zero-order valence-electron chi connectivity index (χ0n) is 60.9. The Balaban J connectivity index is 0.000000531. The standard InChI is InChI=1S/C14H14NO.C12H12N.C10H12O.C9H12.C8H12N.C8H10.3C7H10N.2C2H6/c1-12-5-7-13(8-6-12)14(16)11-15-9-3-2-4-10-15;1-11-5-7-12(8-6-11)13-9-3-2-4-10-13;1-3-10(11)9-6-4-8(2)5-7-9;1-3-9-6-4-8(2)5-7-9;1-3-9-6-4-5-8(2)7-9;3*1-7-3-5-8(2)6-4-7;1-7-4-3-5-8(2)6-7;2*1-2/h2-10H,11H2,1H3;2-10H,1H3;4-7H,3H2,1-2H3;2*4-7H,3H2,1-2H3;4*3-6H,1-2H3;2*1-2H3/q2*+1;;;+1;;3*+1;;. The SMILES string of the molecule is CC.CC.CCC(=O)c1ccc(C)cc1.CC[n+]1cccc(C)c1.CCc1ccc(C)cc1.Cc1cc[n+](C)cc1.Cc1cc[n+](C)cc1.Cc1ccc(-[n+]2ccccc2)cc1.Cc1ccc(C(=O)C[n+]2ccccc2)cc1.Cc1ccc(C)cc1.Cc1ccc[n+](C)c1. The third-order valence-corrected chi connectivity index (χ3v) is 13.7. The molecule has 11 aromatic rings. The van der Waals surface area contributed by atoms with E-state index in [-0.39, 0.29) is 11.6 Å². The van der Waals surface area contributed by atoms with Gasteiger partial charge in [0.05, 0.1) is 0 Å². The third-order valence-electron chi connectivity index (χ3n) is 13.7. The van der Waals surface area contributed by atoms with Crippen molar-refractivity contribution >= 4 is 11.6 Å². The molecule has 0 N–H and O–H groups in total. The second kappa shape index (κ2) is 50.0. The fourth-order valence-corrected chi connectivity index (χ4v) is 7.97. The van der Waals surface area contributed by atoms with Crippen LogP contribution in [0, 0.1) is 69.2 Å². The van der Waals surface area contributed by atoms with Crippen LogP contribution in [-0.2, 0) is 40.7 Å². The van der Waals surface area contributed by atoms with Gasteiger partial charge in [-0.2, -0.15) is 9.13 Å². The van der Waals surface area contributed by atoms with Crippen LogP contribution in [0.25, 0.3) is 5.69 Å². The number of nitrogens with zero attached hydrogens (tertiary/aromatic N) is 6. The van der Waals surface area contributed by atoms with E-state index in [9.17, 15) is 9.59 Å². The van der Waals surface area contributed by atoms with E-state index in [2.05, 4.69) is 212 Å². The molecule has 0 bridgehead atoms. The Morgan fingerprint density at radius 3 is 0.957 bits per heavy atom. The van der Waals surface area contributed by atoms with Crippen molar-refractivity contribution in [2.75, 3.05) is 0 Å². The van der Waals surface area contributed by atoms with Gasteiger partial charge >= 0.3 is 0 Å². The maximum Gasteiger partial charge on any atom is 0.227 e. The van der Waals surface area contributed by atoms with Crippen LogP contribution in [0.1, 0.15) is 137 Å². The minimum atomic E-state index is 0.135. The number of aromatic nitrogens is 6. The first-order valence-electron chi connectivity index (χ1n) is 33.1. The van der Waals surface area contributed by atoms with Crippen molar-refractivity contribution in [3.63, 3.8) is 0 Å².